The Labute approximate surface area is 227 Å². The van der Waals surface area contributed by atoms with E-state index in [1.165, 1.54) is 0 Å². The van der Waals surface area contributed by atoms with Gasteiger partial charge in [0.15, 0.2) is 18.1 Å². The minimum atomic E-state index is -0.154. The van der Waals surface area contributed by atoms with E-state index in [2.05, 4.69) is 10.1 Å². The summed E-state index contributed by atoms with van der Waals surface area (Å²) in [6, 6.07) is 20.5. The number of amides is 1. The van der Waals surface area contributed by atoms with Crippen LogP contribution in [0, 0.1) is 6.92 Å². The van der Waals surface area contributed by atoms with Crippen LogP contribution in [0.1, 0.15) is 17.0 Å². The van der Waals surface area contributed by atoms with Crippen LogP contribution in [0.2, 0.25) is 5.02 Å². The summed E-state index contributed by atoms with van der Waals surface area (Å²) in [5.74, 6) is 2.70. The zero-order valence-corrected chi connectivity index (χ0v) is 22.4. The van der Waals surface area contributed by atoms with Gasteiger partial charge >= 0.3 is 0 Å². The van der Waals surface area contributed by atoms with Gasteiger partial charge in [-0.2, -0.15) is 4.98 Å². The van der Waals surface area contributed by atoms with Crippen molar-refractivity contribution in [3.05, 3.63) is 88.8 Å². The monoisotopic (exact) mass is 535 g/mol. The molecule has 0 aliphatic rings. The lowest BCUT2D eigenvalue weighted by atomic mass is 10.1. The summed E-state index contributed by atoms with van der Waals surface area (Å²) in [6.07, 6.45) is 1.03. The third kappa shape index (κ3) is 7.26. The molecule has 1 amide bonds. The van der Waals surface area contributed by atoms with E-state index in [4.69, 9.17) is 30.3 Å². The molecule has 0 radical (unpaired) electrons. The van der Waals surface area contributed by atoms with Gasteiger partial charge in [-0.1, -0.05) is 52.7 Å². The van der Waals surface area contributed by atoms with Crippen LogP contribution in [0.15, 0.2) is 71.3 Å². The second kappa shape index (κ2) is 13.0. The van der Waals surface area contributed by atoms with Gasteiger partial charge in [0.1, 0.15) is 5.75 Å². The molecule has 0 saturated heterocycles. The van der Waals surface area contributed by atoms with Gasteiger partial charge in [-0.3, -0.25) is 4.79 Å². The molecule has 0 fully saturated rings. The first kappa shape index (κ1) is 27.0. The van der Waals surface area contributed by atoms with Gasteiger partial charge < -0.3 is 23.6 Å². The first-order valence-electron chi connectivity index (χ1n) is 12.2. The highest BCUT2D eigenvalue weighted by Gasteiger charge is 2.17. The maximum absolute atomic E-state index is 13.2. The first-order chi connectivity index (χ1) is 18.4. The SMILES string of the molecule is COc1ccc(CCN(CCc2nc(-c3ccc(C)cc3)no2)C(=O)COc2ccc(Cl)cc2)cc1OC. The molecule has 0 spiro atoms. The normalized spacial score (nSPS) is 10.7. The topological polar surface area (TPSA) is 86.9 Å². The predicted octanol–water partition coefficient (Wildman–Crippen LogP) is 5.41. The summed E-state index contributed by atoms with van der Waals surface area (Å²) in [5, 5.41) is 4.70. The van der Waals surface area contributed by atoms with E-state index in [1.807, 2.05) is 49.4 Å². The summed E-state index contributed by atoms with van der Waals surface area (Å²) < 4.78 is 21.9. The molecule has 0 aliphatic carbocycles. The largest absolute Gasteiger partial charge is 0.493 e. The maximum atomic E-state index is 13.2. The molecule has 8 nitrogen and oxygen atoms in total. The molecule has 4 rings (SSSR count). The molecule has 0 unspecified atom stereocenters. The van der Waals surface area contributed by atoms with E-state index in [0.717, 1.165) is 16.7 Å². The van der Waals surface area contributed by atoms with E-state index in [9.17, 15) is 4.79 Å². The van der Waals surface area contributed by atoms with Crippen LogP contribution < -0.4 is 14.2 Å². The number of hydrogen-bond donors (Lipinski definition) is 0. The Morgan fingerprint density at radius 2 is 1.63 bits per heavy atom. The van der Waals surface area contributed by atoms with Crippen molar-refractivity contribution in [2.75, 3.05) is 33.9 Å². The Bertz CT molecular complexity index is 1340. The second-order valence-corrected chi connectivity index (χ2v) is 9.13. The quantitative estimate of drug-likeness (QED) is 0.240. The van der Waals surface area contributed by atoms with E-state index in [-0.39, 0.29) is 12.5 Å². The van der Waals surface area contributed by atoms with Crippen LogP contribution in [0.25, 0.3) is 11.4 Å². The Hall–Kier alpha value is -4.04. The highest BCUT2D eigenvalue weighted by Crippen LogP contribution is 2.28. The van der Waals surface area contributed by atoms with Gasteiger partial charge in [-0.05, 0) is 55.3 Å². The summed E-state index contributed by atoms with van der Waals surface area (Å²) in [4.78, 5) is 19.4. The molecule has 0 N–H and O–H groups in total. The number of halogens is 1. The molecule has 9 heteroatoms. The van der Waals surface area contributed by atoms with Crippen LogP contribution in [0.5, 0.6) is 17.2 Å². The van der Waals surface area contributed by atoms with E-state index < -0.39 is 0 Å². The third-order valence-corrected chi connectivity index (χ3v) is 6.27. The van der Waals surface area contributed by atoms with E-state index in [0.29, 0.717) is 59.9 Å². The number of benzene rings is 3. The molecule has 198 valence electrons. The number of nitrogens with zero attached hydrogens (tertiary/aromatic N) is 3. The van der Waals surface area contributed by atoms with Crippen LogP contribution in [-0.4, -0.2) is 54.9 Å². The van der Waals surface area contributed by atoms with Crippen molar-refractivity contribution in [3.8, 4) is 28.6 Å². The standard InChI is InChI=1S/C29H30ClN3O5/c1-20-4-7-22(8-5-20)29-31-27(38-32-29)15-17-33(28(34)19-37-24-11-9-23(30)10-12-24)16-14-21-6-13-25(35-2)26(18-21)36-3/h4-13,18H,14-17,19H2,1-3H3. The second-order valence-electron chi connectivity index (χ2n) is 8.69. The highest BCUT2D eigenvalue weighted by atomic mass is 35.5. The lowest BCUT2D eigenvalue weighted by Gasteiger charge is -2.22. The highest BCUT2D eigenvalue weighted by molar-refractivity contribution is 6.30. The number of rotatable bonds is 12. The molecule has 0 saturated carbocycles. The Morgan fingerprint density at radius 1 is 0.921 bits per heavy atom. The molecular formula is C29H30ClN3O5. The van der Waals surface area contributed by atoms with Crippen molar-refractivity contribution < 1.29 is 23.5 Å². The molecule has 0 aliphatic heterocycles. The van der Waals surface area contributed by atoms with Gasteiger partial charge in [-0.15, -0.1) is 0 Å². The number of aromatic nitrogens is 2. The van der Waals surface area contributed by atoms with Crippen molar-refractivity contribution in [2.24, 2.45) is 0 Å². The number of carbonyl (C=O) groups excluding carboxylic acids is 1. The van der Waals surface area contributed by atoms with Crippen LogP contribution in [0.3, 0.4) is 0 Å². The average molecular weight is 536 g/mol. The summed E-state index contributed by atoms with van der Waals surface area (Å²) in [5.41, 5.74) is 3.05. The lowest BCUT2D eigenvalue weighted by molar-refractivity contribution is -0.133. The van der Waals surface area contributed by atoms with Gasteiger partial charge in [-0.25, -0.2) is 0 Å². The summed E-state index contributed by atoms with van der Waals surface area (Å²) in [6.45, 7) is 2.78. The number of ether oxygens (including phenoxy) is 3. The van der Waals surface area contributed by atoms with Crippen molar-refractivity contribution in [1.29, 1.82) is 0 Å². The van der Waals surface area contributed by atoms with Crippen LogP contribution in [0.4, 0.5) is 0 Å². The molecule has 1 aromatic heterocycles. The molecule has 4 aromatic rings. The number of hydrogen-bond acceptors (Lipinski definition) is 7. The molecule has 38 heavy (non-hydrogen) atoms. The fourth-order valence-electron chi connectivity index (χ4n) is 3.84. The van der Waals surface area contributed by atoms with Crippen LogP contribution in [-0.2, 0) is 17.6 Å². The Morgan fingerprint density at radius 3 is 2.34 bits per heavy atom. The van der Waals surface area contributed by atoms with Crippen molar-refractivity contribution in [1.82, 2.24) is 15.0 Å². The summed E-state index contributed by atoms with van der Waals surface area (Å²) in [7, 11) is 3.20. The molecule has 1 heterocycles. The lowest BCUT2D eigenvalue weighted by Crippen LogP contribution is -2.38. The number of methoxy groups -OCH3 is 2. The predicted molar refractivity (Wildman–Crippen MR) is 145 cm³/mol. The summed E-state index contributed by atoms with van der Waals surface area (Å²) >= 11 is 5.94. The van der Waals surface area contributed by atoms with Gasteiger partial charge in [0.05, 0.1) is 14.2 Å². The van der Waals surface area contributed by atoms with E-state index in [1.54, 1.807) is 43.4 Å². The van der Waals surface area contributed by atoms with Crippen molar-refractivity contribution in [3.63, 3.8) is 0 Å². The van der Waals surface area contributed by atoms with E-state index >= 15 is 0 Å². The zero-order chi connectivity index (χ0) is 26.9. The van der Waals surface area contributed by atoms with Crippen LogP contribution >= 0.6 is 11.6 Å². The van der Waals surface area contributed by atoms with Gasteiger partial charge in [0.2, 0.25) is 11.7 Å². The van der Waals surface area contributed by atoms with Gasteiger partial charge in [0, 0.05) is 30.1 Å². The average Bonchev–Trinajstić information content (AvgIpc) is 3.41. The maximum Gasteiger partial charge on any atom is 0.260 e. The van der Waals surface area contributed by atoms with Crippen molar-refractivity contribution >= 4 is 17.5 Å². The fraction of sp³-hybridized carbons (Fsp3) is 0.276. The first-order valence-corrected chi connectivity index (χ1v) is 12.6. The zero-order valence-electron chi connectivity index (χ0n) is 21.6. The third-order valence-electron chi connectivity index (χ3n) is 6.02. The number of carbonyl (C=O) groups is 1. The molecular weight excluding hydrogens is 506 g/mol. The molecule has 0 bridgehead atoms. The molecule has 3 aromatic carbocycles. The minimum absolute atomic E-state index is 0.105. The molecule has 0 atom stereocenters. The number of aryl methyl sites for hydroxylation is 1. The Kier molecular flexibility index (Phi) is 9.21. The smallest absolute Gasteiger partial charge is 0.260 e. The van der Waals surface area contributed by atoms with Gasteiger partial charge in [0.25, 0.3) is 5.91 Å². The fourth-order valence-corrected chi connectivity index (χ4v) is 3.96. The Balaban J connectivity index is 1.43. The minimum Gasteiger partial charge on any atom is -0.493 e. The van der Waals surface area contributed by atoms with Crippen molar-refractivity contribution in [2.45, 2.75) is 19.8 Å².